The number of aryl methyl sites for hydroxylation is 1. The van der Waals surface area contributed by atoms with Crippen LogP contribution >= 0.6 is 12.2 Å². The fourth-order valence-corrected chi connectivity index (χ4v) is 5.87. The van der Waals surface area contributed by atoms with Gasteiger partial charge in [-0.3, -0.25) is 0 Å². The predicted octanol–water partition coefficient (Wildman–Crippen LogP) is 6.64. The second-order valence-corrected chi connectivity index (χ2v) is 10.0. The molecular formula is C28H39N3OS. The predicted molar refractivity (Wildman–Crippen MR) is 143 cm³/mol. The lowest BCUT2D eigenvalue weighted by molar-refractivity contribution is 0.177. The van der Waals surface area contributed by atoms with Gasteiger partial charge in [-0.25, -0.2) is 0 Å². The Morgan fingerprint density at radius 2 is 1.97 bits per heavy atom. The third kappa shape index (κ3) is 5.63. The molecule has 4 rings (SSSR count). The second-order valence-electron chi connectivity index (χ2n) is 9.64. The van der Waals surface area contributed by atoms with Crippen molar-refractivity contribution in [3.63, 3.8) is 0 Å². The second kappa shape index (κ2) is 11.2. The zero-order chi connectivity index (χ0) is 23.2. The number of nitrogens with zero attached hydrogens (tertiary/aromatic N) is 2. The van der Waals surface area contributed by atoms with E-state index in [1.165, 1.54) is 68.3 Å². The Labute approximate surface area is 205 Å². The Kier molecular flexibility index (Phi) is 8.13. The van der Waals surface area contributed by atoms with Crippen molar-refractivity contribution in [3.05, 3.63) is 53.6 Å². The molecule has 0 radical (unpaired) electrons. The highest BCUT2D eigenvalue weighted by molar-refractivity contribution is 7.80. The minimum absolute atomic E-state index is 0.459. The van der Waals surface area contributed by atoms with E-state index < -0.39 is 0 Å². The van der Waals surface area contributed by atoms with Crippen LogP contribution in [-0.2, 0) is 13.0 Å². The number of nitrogens with one attached hydrogen (secondary N) is 1. The van der Waals surface area contributed by atoms with Gasteiger partial charge in [0, 0.05) is 31.4 Å². The van der Waals surface area contributed by atoms with E-state index in [0.717, 1.165) is 29.6 Å². The van der Waals surface area contributed by atoms with Gasteiger partial charge in [-0.1, -0.05) is 51.0 Å². The number of thiocarbonyl (C=S) groups is 1. The third-order valence-corrected chi connectivity index (χ3v) is 7.62. The third-order valence-electron chi connectivity index (χ3n) is 7.28. The van der Waals surface area contributed by atoms with Gasteiger partial charge in [-0.15, -0.1) is 0 Å². The van der Waals surface area contributed by atoms with E-state index in [2.05, 4.69) is 47.2 Å². The molecule has 1 fully saturated rings. The SMILES string of the molecule is CCCN1CCCc2cc(CN(C(=S)Nc3ccccc3OC)[C@H]3CCCC[C@@H]3C)ccc21. The summed E-state index contributed by atoms with van der Waals surface area (Å²) in [6.45, 7) is 7.82. The standard InChI is InChI=1S/C28H39N3OS/c1-4-17-30-18-9-11-23-19-22(15-16-26(23)30)20-31(25-13-7-5-10-21(25)2)28(33)29-24-12-6-8-14-27(24)32-3/h6,8,12,14-16,19,21,25H,4-5,7,9-11,13,17-18,20H2,1-3H3,(H,29,33)/t21-,25-/m0/s1. The molecule has 33 heavy (non-hydrogen) atoms. The van der Waals surface area contributed by atoms with Gasteiger partial charge in [0.1, 0.15) is 5.75 Å². The molecule has 2 atom stereocenters. The molecule has 0 aromatic heterocycles. The Balaban J connectivity index is 1.58. The van der Waals surface area contributed by atoms with Gasteiger partial charge in [0.25, 0.3) is 0 Å². The number of rotatable bonds is 7. The molecule has 178 valence electrons. The number of anilines is 2. The van der Waals surface area contributed by atoms with Crippen LogP contribution in [-0.4, -0.2) is 36.3 Å². The van der Waals surface area contributed by atoms with Crippen LogP contribution in [0.5, 0.6) is 5.75 Å². The maximum absolute atomic E-state index is 6.02. The highest BCUT2D eigenvalue weighted by Crippen LogP contribution is 2.33. The quantitative estimate of drug-likeness (QED) is 0.463. The van der Waals surface area contributed by atoms with Crippen LogP contribution in [0.15, 0.2) is 42.5 Å². The van der Waals surface area contributed by atoms with E-state index in [1.807, 2.05) is 24.3 Å². The van der Waals surface area contributed by atoms with Crippen molar-refractivity contribution in [3.8, 4) is 5.75 Å². The van der Waals surface area contributed by atoms with Crippen LogP contribution in [0.2, 0.25) is 0 Å². The van der Waals surface area contributed by atoms with Gasteiger partial charge >= 0.3 is 0 Å². The molecule has 1 heterocycles. The number of hydrogen-bond acceptors (Lipinski definition) is 3. The van der Waals surface area contributed by atoms with E-state index >= 15 is 0 Å². The summed E-state index contributed by atoms with van der Waals surface area (Å²) in [5, 5.41) is 4.30. The van der Waals surface area contributed by atoms with Crippen molar-refractivity contribution in [1.29, 1.82) is 0 Å². The average molecular weight is 466 g/mol. The molecule has 1 saturated carbocycles. The first-order valence-electron chi connectivity index (χ1n) is 12.7. The Morgan fingerprint density at radius 1 is 1.15 bits per heavy atom. The van der Waals surface area contributed by atoms with Gasteiger partial charge in [0.05, 0.1) is 12.8 Å². The molecule has 0 amide bonds. The molecule has 5 heteroatoms. The number of benzene rings is 2. The first kappa shape index (κ1) is 23.9. The van der Waals surface area contributed by atoms with Gasteiger partial charge in [-0.05, 0) is 79.6 Å². The lowest BCUT2D eigenvalue weighted by Crippen LogP contribution is -2.46. The van der Waals surface area contributed by atoms with Crippen molar-refractivity contribution in [2.24, 2.45) is 5.92 Å². The molecule has 2 aromatic rings. The van der Waals surface area contributed by atoms with Gasteiger partial charge < -0.3 is 19.9 Å². The van der Waals surface area contributed by atoms with Crippen LogP contribution in [0, 0.1) is 5.92 Å². The highest BCUT2D eigenvalue weighted by Gasteiger charge is 2.29. The molecule has 0 unspecified atom stereocenters. The number of fused-ring (bicyclic) bond motifs is 1. The van der Waals surface area contributed by atoms with Crippen LogP contribution in [0.1, 0.15) is 63.5 Å². The topological polar surface area (TPSA) is 27.7 Å². The Hall–Kier alpha value is -2.27. The molecule has 0 spiro atoms. The normalized spacial score (nSPS) is 20.2. The molecule has 1 N–H and O–H groups in total. The summed E-state index contributed by atoms with van der Waals surface area (Å²) < 4.78 is 5.56. The molecule has 2 aromatic carbocycles. The van der Waals surface area contributed by atoms with Crippen molar-refractivity contribution >= 4 is 28.7 Å². The zero-order valence-electron chi connectivity index (χ0n) is 20.5. The molecule has 0 bridgehead atoms. The first-order valence-corrected chi connectivity index (χ1v) is 13.1. The largest absolute Gasteiger partial charge is 0.495 e. The maximum Gasteiger partial charge on any atom is 0.174 e. The highest BCUT2D eigenvalue weighted by atomic mass is 32.1. The van der Waals surface area contributed by atoms with Gasteiger partial charge in [0.15, 0.2) is 5.11 Å². The van der Waals surface area contributed by atoms with Gasteiger partial charge in [0.2, 0.25) is 0 Å². The summed E-state index contributed by atoms with van der Waals surface area (Å²) in [6, 6.07) is 15.6. The van der Waals surface area contributed by atoms with E-state index in [9.17, 15) is 0 Å². The van der Waals surface area contributed by atoms with Crippen molar-refractivity contribution in [2.75, 3.05) is 30.4 Å². The summed E-state index contributed by atoms with van der Waals surface area (Å²) in [7, 11) is 1.71. The number of para-hydroxylation sites is 2. The number of methoxy groups -OCH3 is 1. The Bertz CT molecular complexity index is 946. The minimum Gasteiger partial charge on any atom is -0.495 e. The summed E-state index contributed by atoms with van der Waals surface area (Å²) in [5.41, 5.74) is 5.21. The molecule has 1 aliphatic heterocycles. The molecule has 4 nitrogen and oxygen atoms in total. The fourth-order valence-electron chi connectivity index (χ4n) is 5.56. The maximum atomic E-state index is 6.02. The lowest BCUT2D eigenvalue weighted by Gasteiger charge is -2.40. The molecule has 2 aliphatic rings. The van der Waals surface area contributed by atoms with Crippen LogP contribution < -0.4 is 15.0 Å². The summed E-state index contributed by atoms with van der Waals surface area (Å²) in [6.07, 6.45) is 8.68. The molecule has 0 saturated heterocycles. The van der Waals surface area contributed by atoms with E-state index in [4.69, 9.17) is 17.0 Å². The smallest absolute Gasteiger partial charge is 0.174 e. The Morgan fingerprint density at radius 3 is 2.76 bits per heavy atom. The zero-order valence-corrected chi connectivity index (χ0v) is 21.3. The summed E-state index contributed by atoms with van der Waals surface area (Å²) >= 11 is 6.02. The van der Waals surface area contributed by atoms with E-state index in [1.54, 1.807) is 7.11 Å². The molecular weight excluding hydrogens is 426 g/mol. The van der Waals surface area contributed by atoms with Crippen LogP contribution in [0.25, 0.3) is 0 Å². The van der Waals surface area contributed by atoms with Crippen molar-refractivity contribution in [1.82, 2.24) is 4.90 Å². The number of ether oxygens (including phenoxy) is 1. The molecule has 1 aliphatic carbocycles. The van der Waals surface area contributed by atoms with E-state index in [0.29, 0.717) is 12.0 Å². The fraction of sp³-hybridized carbons (Fsp3) is 0.536. The first-order chi connectivity index (χ1) is 16.1. The minimum atomic E-state index is 0.459. The van der Waals surface area contributed by atoms with Crippen LogP contribution in [0.4, 0.5) is 11.4 Å². The van der Waals surface area contributed by atoms with Crippen molar-refractivity contribution in [2.45, 2.75) is 71.4 Å². The van der Waals surface area contributed by atoms with Crippen LogP contribution in [0.3, 0.4) is 0 Å². The van der Waals surface area contributed by atoms with Crippen molar-refractivity contribution < 1.29 is 4.74 Å². The number of hydrogen-bond donors (Lipinski definition) is 1. The lowest BCUT2D eigenvalue weighted by atomic mass is 9.84. The monoisotopic (exact) mass is 465 g/mol. The average Bonchev–Trinajstić information content (AvgIpc) is 2.83. The van der Waals surface area contributed by atoms with Gasteiger partial charge in [-0.2, -0.15) is 0 Å². The summed E-state index contributed by atoms with van der Waals surface area (Å²) in [4.78, 5) is 5.00. The van der Waals surface area contributed by atoms with E-state index in [-0.39, 0.29) is 0 Å². The summed E-state index contributed by atoms with van der Waals surface area (Å²) in [5.74, 6) is 1.45.